The zero-order valence-electron chi connectivity index (χ0n) is 10.8. The Labute approximate surface area is 104 Å². The second-order valence-electron chi connectivity index (χ2n) is 5.41. The number of hydrogen-bond acceptors (Lipinski definition) is 0. The van der Waals surface area contributed by atoms with Gasteiger partial charge >= 0.3 is 0 Å². The van der Waals surface area contributed by atoms with Crippen LogP contribution >= 0.6 is 0 Å². The smallest absolute Gasteiger partial charge is 0.123 e. The van der Waals surface area contributed by atoms with Crippen molar-refractivity contribution in [2.75, 3.05) is 0 Å². The van der Waals surface area contributed by atoms with Crippen LogP contribution in [0.3, 0.4) is 0 Å². The molecule has 1 fully saturated rings. The van der Waals surface area contributed by atoms with Gasteiger partial charge in [-0.25, -0.2) is 4.39 Å². The van der Waals surface area contributed by atoms with Crippen LogP contribution in [-0.2, 0) is 0 Å². The molecule has 1 aromatic rings. The summed E-state index contributed by atoms with van der Waals surface area (Å²) in [5.74, 6) is 1.51. The third-order valence-corrected chi connectivity index (χ3v) is 4.15. The molecule has 0 atom stereocenters. The quantitative estimate of drug-likeness (QED) is 0.664. The molecule has 0 spiro atoms. The first-order valence-corrected chi connectivity index (χ1v) is 7.05. The van der Waals surface area contributed by atoms with Gasteiger partial charge in [0.25, 0.3) is 0 Å². The Hall–Kier alpha value is -0.850. The van der Waals surface area contributed by atoms with Gasteiger partial charge in [0.2, 0.25) is 0 Å². The van der Waals surface area contributed by atoms with E-state index in [0.29, 0.717) is 5.92 Å². The van der Waals surface area contributed by atoms with E-state index in [1.165, 1.54) is 50.5 Å². The Morgan fingerprint density at radius 2 is 1.71 bits per heavy atom. The average molecular weight is 234 g/mol. The Kier molecular flexibility index (Phi) is 4.58. The van der Waals surface area contributed by atoms with Gasteiger partial charge in [-0.2, -0.15) is 0 Å². The van der Waals surface area contributed by atoms with Gasteiger partial charge in [-0.15, -0.1) is 0 Å². The summed E-state index contributed by atoms with van der Waals surface area (Å²) >= 11 is 0. The van der Waals surface area contributed by atoms with Crippen molar-refractivity contribution in [2.45, 2.75) is 57.8 Å². The lowest BCUT2D eigenvalue weighted by Gasteiger charge is -2.28. The fourth-order valence-corrected chi connectivity index (χ4v) is 3.01. The summed E-state index contributed by atoms with van der Waals surface area (Å²) in [4.78, 5) is 0. The molecule has 0 nitrogen and oxygen atoms in total. The average Bonchev–Trinajstić information content (AvgIpc) is 2.38. The van der Waals surface area contributed by atoms with Crippen molar-refractivity contribution in [1.29, 1.82) is 0 Å². The number of hydrogen-bond donors (Lipinski definition) is 0. The maximum atomic E-state index is 12.9. The predicted molar refractivity (Wildman–Crippen MR) is 70.6 cm³/mol. The Morgan fingerprint density at radius 3 is 2.29 bits per heavy atom. The normalized spacial score (nSPS) is 24.8. The molecule has 1 heteroatoms. The fraction of sp³-hybridized carbons (Fsp3) is 0.625. The third kappa shape index (κ3) is 3.55. The van der Waals surface area contributed by atoms with Crippen LogP contribution in [-0.4, -0.2) is 0 Å². The second kappa shape index (κ2) is 6.18. The van der Waals surface area contributed by atoms with E-state index in [1.807, 2.05) is 12.1 Å². The van der Waals surface area contributed by atoms with Crippen molar-refractivity contribution in [2.24, 2.45) is 5.92 Å². The van der Waals surface area contributed by atoms with Crippen LogP contribution in [0.5, 0.6) is 0 Å². The molecular weight excluding hydrogens is 211 g/mol. The molecule has 1 aliphatic rings. The van der Waals surface area contributed by atoms with Crippen LogP contribution in [0.1, 0.15) is 63.4 Å². The van der Waals surface area contributed by atoms with E-state index in [-0.39, 0.29) is 5.82 Å². The topological polar surface area (TPSA) is 0 Å². The van der Waals surface area contributed by atoms with Gasteiger partial charge in [0.15, 0.2) is 0 Å². The maximum Gasteiger partial charge on any atom is 0.123 e. The van der Waals surface area contributed by atoms with Crippen LogP contribution in [0.15, 0.2) is 24.3 Å². The highest BCUT2D eigenvalue weighted by molar-refractivity contribution is 5.20. The fourth-order valence-electron chi connectivity index (χ4n) is 3.01. The van der Waals surface area contributed by atoms with Gasteiger partial charge in [0.1, 0.15) is 5.82 Å². The Bertz CT molecular complexity index is 320. The molecule has 0 unspecified atom stereocenters. The van der Waals surface area contributed by atoms with Crippen LogP contribution in [0.2, 0.25) is 0 Å². The van der Waals surface area contributed by atoms with Crippen LogP contribution in [0, 0.1) is 11.7 Å². The maximum absolute atomic E-state index is 12.9. The number of unbranched alkanes of at least 4 members (excludes halogenated alkanes) is 1. The van der Waals surface area contributed by atoms with E-state index in [0.717, 1.165) is 5.92 Å². The highest BCUT2D eigenvalue weighted by Gasteiger charge is 2.21. The van der Waals surface area contributed by atoms with E-state index < -0.39 is 0 Å². The van der Waals surface area contributed by atoms with Crippen molar-refractivity contribution in [1.82, 2.24) is 0 Å². The van der Waals surface area contributed by atoms with Crippen molar-refractivity contribution < 1.29 is 4.39 Å². The van der Waals surface area contributed by atoms with Crippen molar-refractivity contribution in [3.05, 3.63) is 35.6 Å². The molecule has 1 aromatic carbocycles. The molecule has 0 saturated heterocycles. The minimum atomic E-state index is -0.120. The largest absolute Gasteiger partial charge is 0.207 e. The predicted octanol–water partition coefficient (Wildman–Crippen LogP) is 5.29. The molecule has 0 aromatic heterocycles. The molecule has 0 N–H and O–H groups in total. The molecule has 0 radical (unpaired) electrons. The number of halogens is 1. The van der Waals surface area contributed by atoms with Crippen molar-refractivity contribution in [3.8, 4) is 0 Å². The standard InChI is InChI=1S/C16H23F/c1-2-3-4-13-5-7-14(8-6-13)15-9-11-16(17)12-10-15/h9-14H,2-8H2,1H3/t13-,14-. The van der Waals surface area contributed by atoms with Gasteiger partial charge in [-0.05, 0) is 55.2 Å². The minimum absolute atomic E-state index is 0.120. The van der Waals surface area contributed by atoms with Gasteiger partial charge in [-0.1, -0.05) is 38.3 Å². The first-order chi connectivity index (χ1) is 8.29. The molecule has 94 valence electrons. The highest BCUT2D eigenvalue weighted by atomic mass is 19.1. The first kappa shape index (κ1) is 12.6. The molecule has 1 saturated carbocycles. The van der Waals surface area contributed by atoms with E-state index in [2.05, 4.69) is 6.92 Å². The van der Waals surface area contributed by atoms with Gasteiger partial charge in [-0.3, -0.25) is 0 Å². The van der Waals surface area contributed by atoms with Crippen LogP contribution in [0.4, 0.5) is 4.39 Å². The minimum Gasteiger partial charge on any atom is -0.207 e. The molecule has 0 aliphatic heterocycles. The lowest BCUT2D eigenvalue weighted by molar-refractivity contribution is 0.304. The lowest BCUT2D eigenvalue weighted by atomic mass is 9.77. The Balaban J connectivity index is 1.84. The Morgan fingerprint density at radius 1 is 1.06 bits per heavy atom. The summed E-state index contributed by atoms with van der Waals surface area (Å²) in [5.41, 5.74) is 1.33. The summed E-state index contributed by atoms with van der Waals surface area (Å²) in [6, 6.07) is 7.12. The third-order valence-electron chi connectivity index (χ3n) is 4.15. The molecular formula is C16H23F. The molecule has 17 heavy (non-hydrogen) atoms. The lowest BCUT2D eigenvalue weighted by Crippen LogP contribution is -2.13. The monoisotopic (exact) mass is 234 g/mol. The SMILES string of the molecule is CCCC[C@H]1CC[C@H](c2ccc(F)cc2)CC1. The summed E-state index contributed by atoms with van der Waals surface area (Å²) in [6.45, 7) is 2.27. The molecule has 0 bridgehead atoms. The van der Waals surface area contributed by atoms with E-state index >= 15 is 0 Å². The van der Waals surface area contributed by atoms with Crippen molar-refractivity contribution >= 4 is 0 Å². The van der Waals surface area contributed by atoms with E-state index in [9.17, 15) is 4.39 Å². The van der Waals surface area contributed by atoms with Crippen molar-refractivity contribution in [3.63, 3.8) is 0 Å². The summed E-state index contributed by atoms with van der Waals surface area (Å²) < 4.78 is 12.9. The second-order valence-corrected chi connectivity index (χ2v) is 5.41. The van der Waals surface area contributed by atoms with Crippen LogP contribution in [0.25, 0.3) is 0 Å². The molecule has 0 heterocycles. The zero-order chi connectivity index (χ0) is 12.1. The number of benzene rings is 1. The van der Waals surface area contributed by atoms with E-state index in [4.69, 9.17) is 0 Å². The first-order valence-electron chi connectivity index (χ1n) is 7.05. The molecule has 2 rings (SSSR count). The van der Waals surface area contributed by atoms with Gasteiger partial charge in [0.05, 0.1) is 0 Å². The van der Waals surface area contributed by atoms with Crippen LogP contribution < -0.4 is 0 Å². The molecule has 0 amide bonds. The van der Waals surface area contributed by atoms with E-state index in [1.54, 1.807) is 12.1 Å². The summed E-state index contributed by atoms with van der Waals surface area (Å²) in [7, 11) is 0. The summed E-state index contributed by atoms with van der Waals surface area (Å²) in [6.07, 6.45) is 9.42. The van der Waals surface area contributed by atoms with Gasteiger partial charge in [0, 0.05) is 0 Å². The van der Waals surface area contributed by atoms with Gasteiger partial charge < -0.3 is 0 Å². The number of rotatable bonds is 4. The molecule has 1 aliphatic carbocycles. The zero-order valence-corrected chi connectivity index (χ0v) is 10.8. The summed E-state index contributed by atoms with van der Waals surface area (Å²) in [5, 5.41) is 0. The highest BCUT2D eigenvalue weighted by Crippen LogP contribution is 2.37.